The molecule has 0 spiro atoms. The molecule has 0 amide bonds. The summed E-state index contributed by atoms with van der Waals surface area (Å²) in [7, 11) is 0. The molecule has 0 atom stereocenters. The standard InChI is InChI=1S/C18H19AsFN5S/c19-18-23-16(25-10-8-21-9-11-25)15-17(24-18)26-14(22-15)3-1-2-12-4-6-13(20)7-5-12/h4-7,21H,1-3,8-11H2. The van der Waals surface area contributed by atoms with Crippen LogP contribution in [0.3, 0.4) is 0 Å². The molecule has 8 heteroatoms. The number of anilines is 1. The average molecular weight is 431 g/mol. The molecular formula is C18H19AsFN5S. The molecule has 1 saturated heterocycles. The van der Waals surface area contributed by atoms with Gasteiger partial charge in [0.25, 0.3) is 0 Å². The number of rotatable bonds is 5. The number of aryl methyl sites for hydroxylation is 2. The maximum atomic E-state index is 13.0. The maximum absolute atomic E-state index is 13.0. The van der Waals surface area contributed by atoms with E-state index in [0.717, 1.165) is 76.8 Å². The molecular weight excluding hydrogens is 412 g/mol. The molecule has 134 valence electrons. The topological polar surface area (TPSA) is 53.9 Å². The molecule has 3 aromatic rings. The fourth-order valence-corrected chi connectivity index (χ4v) is 4.67. The molecule has 5 nitrogen and oxygen atoms in total. The Hall–Kier alpha value is -1.56. The second kappa shape index (κ2) is 7.99. The van der Waals surface area contributed by atoms with Crippen molar-refractivity contribution in [3.05, 3.63) is 40.7 Å². The number of fused-ring (bicyclic) bond motifs is 1. The molecule has 1 fully saturated rings. The Labute approximate surface area is 164 Å². The van der Waals surface area contributed by atoms with Crippen LogP contribution in [0.5, 0.6) is 0 Å². The minimum atomic E-state index is -0.187. The first-order chi connectivity index (χ1) is 12.7. The van der Waals surface area contributed by atoms with Crippen molar-refractivity contribution in [1.82, 2.24) is 20.3 Å². The van der Waals surface area contributed by atoms with Crippen LogP contribution in [-0.2, 0) is 12.8 Å². The van der Waals surface area contributed by atoms with E-state index >= 15 is 0 Å². The molecule has 2 radical (unpaired) electrons. The molecule has 0 saturated carbocycles. The van der Waals surface area contributed by atoms with Crippen LogP contribution in [0, 0.1) is 5.82 Å². The number of halogens is 1. The molecule has 4 rings (SSSR count). The van der Waals surface area contributed by atoms with Gasteiger partial charge in [-0.1, -0.05) is 0 Å². The van der Waals surface area contributed by atoms with Crippen LogP contribution < -0.4 is 14.8 Å². The Balaban J connectivity index is 1.50. The van der Waals surface area contributed by atoms with E-state index < -0.39 is 0 Å². The summed E-state index contributed by atoms with van der Waals surface area (Å²) in [6.07, 6.45) is 2.80. The van der Waals surface area contributed by atoms with Gasteiger partial charge in [0.1, 0.15) is 0 Å². The Bertz CT molecular complexity index is 892. The van der Waals surface area contributed by atoms with Crippen molar-refractivity contribution in [2.75, 3.05) is 31.1 Å². The van der Waals surface area contributed by atoms with Gasteiger partial charge in [-0.3, -0.25) is 0 Å². The van der Waals surface area contributed by atoms with E-state index in [1.165, 1.54) is 12.1 Å². The summed E-state index contributed by atoms with van der Waals surface area (Å²) in [5, 5.41) is 4.46. The van der Waals surface area contributed by atoms with Gasteiger partial charge in [0, 0.05) is 0 Å². The number of hydrogen-bond donors (Lipinski definition) is 1. The fraction of sp³-hybridized carbons (Fsp3) is 0.389. The van der Waals surface area contributed by atoms with Crippen LogP contribution in [-0.4, -0.2) is 58.0 Å². The molecule has 3 heterocycles. The van der Waals surface area contributed by atoms with Crippen LogP contribution in [0.1, 0.15) is 17.0 Å². The number of piperazine rings is 1. The van der Waals surface area contributed by atoms with Gasteiger partial charge in [-0.15, -0.1) is 0 Å². The van der Waals surface area contributed by atoms with Crippen molar-refractivity contribution in [3.63, 3.8) is 0 Å². The van der Waals surface area contributed by atoms with E-state index in [2.05, 4.69) is 37.0 Å². The minimum absolute atomic E-state index is 0.187. The van der Waals surface area contributed by atoms with Crippen molar-refractivity contribution in [3.8, 4) is 0 Å². The number of nitrogens with zero attached hydrogens (tertiary/aromatic N) is 4. The van der Waals surface area contributed by atoms with Crippen LogP contribution in [0.2, 0.25) is 0 Å². The van der Waals surface area contributed by atoms with Gasteiger partial charge in [0.05, 0.1) is 0 Å². The molecule has 1 aromatic carbocycles. The Morgan fingerprint density at radius 3 is 2.62 bits per heavy atom. The van der Waals surface area contributed by atoms with Gasteiger partial charge in [-0.05, 0) is 0 Å². The van der Waals surface area contributed by atoms with Crippen molar-refractivity contribution in [2.45, 2.75) is 19.3 Å². The summed E-state index contributed by atoms with van der Waals surface area (Å²) in [5.41, 5.74) is 2.07. The van der Waals surface area contributed by atoms with Crippen molar-refractivity contribution in [1.29, 1.82) is 0 Å². The van der Waals surface area contributed by atoms with Crippen LogP contribution in [0.4, 0.5) is 10.2 Å². The molecule has 0 bridgehead atoms. The van der Waals surface area contributed by atoms with Crippen LogP contribution in [0.25, 0.3) is 10.3 Å². The van der Waals surface area contributed by atoms with Gasteiger partial charge >= 0.3 is 160 Å². The Morgan fingerprint density at radius 2 is 1.85 bits per heavy atom. The third kappa shape index (κ3) is 4.05. The van der Waals surface area contributed by atoms with Gasteiger partial charge in [0.2, 0.25) is 0 Å². The molecule has 1 aliphatic rings. The van der Waals surface area contributed by atoms with E-state index in [-0.39, 0.29) is 5.82 Å². The first-order valence-corrected chi connectivity index (χ1v) is 10.5. The molecule has 1 aliphatic heterocycles. The van der Waals surface area contributed by atoms with E-state index in [1.54, 1.807) is 11.3 Å². The van der Waals surface area contributed by atoms with Crippen molar-refractivity contribution >= 4 is 49.0 Å². The van der Waals surface area contributed by atoms with E-state index in [0.29, 0.717) is 0 Å². The Morgan fingerprint density at radius 1 is 1.08 bits per heavy atom. The van der Waals surface area contributed by atoms with Crippen LogP contribution >= 0.6 is 11.3 Å². The third-order valence-corrected chi connectivity index (χ3v) is 5.89. The summed E-state index contributed by atoms with van der Waals surface area (Å²) < 4.78 is 13.7. The van der Waals surface area contributed by atoms with E-state index in [4.69, 9.17) is 4.98 Å². The van der Waals surface area contributed by atoms with Crippen molar-refractivity contribution < 1.29 is 4.39 Å². The second-order valence-corrected chi connectivity index (χ2v) is 8.23. The zero-order valence-electron chi connectivity index (χ0n) is 14.3. The summed E-state index contributed by atoms with van der Waals surface area (Å²) in [6, 6.07) is 6.73. The van der Waals surface area contributed by atoms with Gasteiger partial charge in [0.15, 0.2) is 0 Å². The van der Waals surface area contributed by atoms with Crippen molar-refractivity contribution in [2.24, 2.45) is 0 Å². The number of hydrogen-bond acceptors (Lipinski definition) is 6. The van der Waals surface area contributed by atoms with E-state index in [9.17, 15) is 4.39 Å². The predicted octanol–water partition coefficient (Wildman–Crippen LogP) is 1.60. The zero-order valence-corrected chi connectivity index (χ0v) is 17.0. The predicted molar refractivity (Wildman–Crippen MR) is 104 cm³/mol. The Kier molecular flexibility index (Phi) is 5.48. The van der Waals surface area contributed by atoms with Gasteiger partial charge in [-0.2, -0.15) is 0 Å². The monoisotopic (exact) mass is 431 g/mol. The average Bonchev–Trinajstić information content (AvgIpc) is 3.06. The SMILES string of the molecule is Fc1ccc(CCCc2nc3c(N4CCNCC4)nc([As])nc3s2)cc1. The first-order valence-electron chi connectivity index (χ1n) is 8.75. The molecule has 0 unspecified atom stereocenters. The third-order valence-electron chi connectivity index (χ3n) is 4.46. The second-order valence-electron chi connectivity index (χ2n) is 6.33. The zero-order chi connectivity index (χ0) is 17.9. The van der Waals surface area contributed by atoms with Gasteiger partial charge < -0.3 is 0 Å². The van der Waals surface area contributed by atoms with Gasteiger partial charge in [-0.25, -0.2) is 4.39 Å². The molecule has 0 aliphatic carbocycles. The molecule has 26 heavy (non-hydrogen) atoms. The number of benzene rings is 1. The number of thiazole rings is 1. The normalized spacial score (nSPS) is 14.9. The molecule has 2 aromatic heterocycles. The van der Waals surface area contributed by atoms with E-state index in [1.807, 2.05) is 12.1 Å². The number of nitrogens with one attached hydrogen (secondary N) is 1. The summed E-state index contributed by atoms with van der Waals surface area (Å²) in [5.74, 6) is 0.765. The first kappa shape index (κ1) is 17.8. The summed E-state index contributed by atoms with van der Waals surface area (Å²) in [6.45, 7) is 3.81. The summed E-state index contributed by atoms with van der Waals surface area (Å²) in [4.78, 5) is 17.3. The fourth-order valence-electron chi connectivity index (χ4n) is 3.14. The van der Waals surface area contributed by atoms with Crippen LogP contribution in [0.15, 0.2) is 24.3 Å². The summed E-state index contributed by atoms with van der Waals surface area (Å²) >= 11 is 4.09. The molecule has 1 N–H and O–H groups in total. The number of aromatic nitrogens is 3. The quantitative estimate of drug-likeness (QED) is 0.623.